The molecule has 172 valence electrons. The second-order valence-corrected chi connectivity index (χ2v) is 9.39. The number of hydrogen-bond donors (Lipinski definition) is 2. The lowest BCUT2D eigenvalue weighted by molar-refractivity contribution is -0.176. The summed E-state index contributed by atoms with van der Waals surface area (Å²) in [6.45, 7) is 6.38. The number of ether oxygens (including phenoxy) is 1. The number of allylic oxidation sites excluding steroid dienone is 1. The third-order valence-electron chi connectivity index (χ3n) is 6.55. The highest BCUT2D eigenvalue weighted by Crippen LogP contribution is 2.41. The first kappa shape index (κ1) is 26.3. The van der Waals surface area contributed by atoms with Crippen LogP contribution in [0, 0.1) is 17.3 Å². The number of carbonyl (C=O) groups is 3. The Morgan fingerprint density at radius 1 is 1.13 bits per heavy atom. The molecule has 1 aliphatic rings. The Morgan fingerprint density at radius 2 is 1.77 bits per heavy atom. The summed E-state index contributed by atoms with van der Waals surface area (Å²) in [5.41, 5.74) is -2.08. The maximum Gasteiger partial charge on any atom is 0.336 e. The molecule has 6 heteroatoms. The van der Waals surface area contributed by atoms with E-state index in [9.17, 15) is 24.6 Å². The van der Waals surface area contributed by atoms with Gasteiger partial charge in [-0.1, -0.05) is 58.6 Å². The van der Waals surface area contributed by atoms with Gasteiger partial charge in [-0.3, -0.25) is 9.59 Å². The molecule has 0 saturated heterocycles. The van der Waals surface area contributed by atoms with Crippen LogP contribution in [0.15, 0.2) is 12.2 Å². The lowest BCUT2D eigenvalue weighted by Gasteiger charge is -2.36. The zero-order valence-corrected chi connectivity index (χ0v) is 19.1. The van der Waals surface area contributed by atoms with E-state index in [-0.39, 0.29) is 30.5 Å². The van der Waals surface area contributed by atoms with Gasteiger partial charge in [-0.25, -0.2) is 4.79 Å². The second kappa shape index (κ2) is 12.2. The monoisotopic (exact) mass is 424 g/mol. The standard InChI is InChI=1S/C24H40O6/c1-5-6-16-23(2,3)17-15-20(25)19(13-9-10-14-21(26)30-4)24(29,22(27)28)18-11-7-8-12-18/h9-10,18-19,29H,5-8,11-17H2,1-4H3,(H,27,28)/t19-,24+/m0/s1. The van der Waals surface area contributed by atoms with Crippen molar-refractivity contribution in [2.24, 2.45) is 17.3 Å². The number of aliphatic carboxylic acids is 1. The smallest absolute Gasteiger partial charge is 0.336 e. The van der Waals surface area contributed by atoms with Crippen molar-refractivity contribution >= 4 is 17.7 Å². The zero-order chi connectivity index (χ0) is 22.8. The topological polar surface area (TPSA) is 101 Å². The number of esters is 1. The average molecular weight is 425 g/mol. The van der Waals surface area contributed by atoms with Crippen molar-refractivity contribution in [3.8, 4) is 0 Å². The van der Waals surface area contributed by atoms with Crippen LogP contribution in [-0.2, 0) is 19.1 Å². The predicted octanol–water partition coefficient (Wildman–Crippen LogP) is 4.68. The van der Waals surface area contributed by atoms with Gasteiger partial charge in [0.25, 0.3) is 0 Å². The Hall–Kier alpha value is -1.69. The number of hydrogen-bond acceptors (Lipinski definition) is 5. The fraction of sp³-hybridized carbons (Fsp3) is 0.792. The first-order valence-electron chi connectivity index (χ1n) is 11.3. The highest BCUT2D eigenvalue weighted by molar-refractivity contribution is 5.90. The normalized spacial score (nSPS) is 18.3. The molecule has 0 aromatic heterocycles. The molecule has 6 nitrogen and oxygen atoms in total. The van der Waals surface area contributed by atoms with Crippen molar-refractivity contribution in [3.63, 3.8) is 0 Å². The molecule has 0 unspecified atom stereocenters. The van der Waals surface area contributed by atoms with Gasteiger partial charge in [0, 0.05) is 6.42 Å². The van der Waals surface area contributed by atoms with Crippen LogP contribution in [0.5, 0.6) is 0 Å². The maximum atomic E-state index is 13.2. The number of ketones is 1. The summed E-state index contributed by atoms with van der Waals surface area (Å²) in [6.07, 6.45) is 10.4. The van der Waals surface area contributed by atoms with E-state index in [1.807, 2.05) is 0 Å². The van der Waals surface area contributed by atoms with Gasteiger partial charge in [-0.15, -0.1) is 0 Å². The molecule has 0 amide bonds. The molecule has 1 saturated carbocycles. The Balaban J connectivity index is 3.01. The van der Waals surface area contributed by atoms with Crippen molar-refractivity contribution in [1.29, 1.82) is 0 Å². The van der Waals surface area contributed by atoms with Crippen LogP contribution in [0.1, 0.15) is 91.4 Å². The molecule has 0 spiro atoms. The molecule has 30 heavy (non-hydrogen) atoms. The summed E-state index contributed by atoms with van der Waals surface area (Å²) in [4.78, 5) is 36.7. The van der Waals surface area contributed by atoms with E-state index in [4.69, 9.17) is 0 Å². The van der Waals surface area contributed by atoms with E-state index < -0.39 is 29.4 Å². The van der Waals surface area contributed by atoms with Gasteiger partial charge in [0.1, 0.15) is 5.78 Å². The Kier molecular flexibility index (Phi) is 10.7. The molecule has 0 bridgehead atoms. The number of Topliss-reactive ketones (excluding diaryl/α,β-unsaturated/α-hetero) is 1. The van der Waals surface area contributed by atoms with E-state index in [1.165, 1.54) is 7.11 Å². The number of carbonyl (C=O) groups excluding carboxylic acids is 2. The number of aliphatic hydroxyl groups is 1. The van der Waals surface area contributed by atoms with E-state index in [0.29, 0.717) is 19.3 Å². The van der Waals surface area contributed by atoms with Gasteiger partial charge in [0.15, 0.2) is 5.60 Å². The van der Waals surface area contributed by atoms with E-state index in [2.05, 4.69) is 25.5 Å². The number of unbranched alkanes of at least 4 members (excludes halogenated alkanes) is 1. The summed E-state index contributed by atoms with van der Waals surface area (Å²) in [5.74, 6) is -3.38. The zero-order valence-electron chi connectivity index (χ0n) is 19.1. The van der Waals surface area contributed by atoms with Crippen LogP contribution in [0.3, 0.4) is 0 Å². The summed E-state index contributed by atoms with van der Waals surface area (Å²) < 4.78 is 4.60. The summed E-state index contributed by atoms with van der Waals surface area (Å²) in [6, 6.07) is 0. The molecule has 0 aromatic carbocycles. The Labute approximate surface area is 181 Å². The first-order chi connectivity index (χ1) is 14.1. The lowest BCUT2D eigenvalue weighted by Crippen LogP contribution is -2.54. The SMILES string of the molecule is CCCCC(C)(C)CCC(=O)[C@H](CC=CCC(=O)OC)[C@@](O)(C(=O)O)C1CCCC1. The Bertz CT molecular complexity index is 603. The highest BCUT2D eigenvalue weighted by Gasteiger charge is 2.53. The van der Waals surface area contributed by atoms with E-state index >= 15 is 0 Å². The molecule has 1 rings (SSSR count). The summed E-state index contributed by atoms with van der Waals surface area (Å²) >= 11 is 0. The fourth-order valence-electron chi connectivity index (χ4n) is 4.44. The van der Waals surface area contributed by atoms with E-state index in [1.54, 1.807) is 12.2 Å². The quantitative estimate of drug-likeness (QED) is 0.310. The number of methoxy groups -OCH3 is 1. The van der Waals surface area contributed by atoms with Crippen LogP contribution in [0.4, 0.5) is 0 Å². The molecular formula is C24H40O6. The minimum atomic E-state index is -2.07. The van der Waals surface area contributed by atoms with Gasteiger partial charge in [-0.05, 0) is 43.4 Å². The van der Waals surface area contributed by atoms with Gasteiger partial charge in [-0.2, -0.15) is 0 Å². The molecule has 0 heterocycles. The van der Waals surface area contributed by atoms with Crippen LogP contribution in [0.25, 0.3) is 0 Å². The van der Waals surface area contributed by atoms with Crippen molar-refractivity contribution in [2.75, 3.05) is 7.11 Å². The molecule has 0 aliphatic heterocycles. The van der Waals surface area contributed by atoms with Crippen molar-refractivity contribution in [1.82, 2.24) is 0 Å². The van der Waals surface area contributed by atoms with Crippen molar-refractivity contribution in [2.45, 2.75) is 97.0 Å². The molecule has 1 aliphatic carbocycles. The number of rotatable bonds is 14. The van der Waals surface area contributed by atoms with Crippen LogP contribution in [-0.4, -0.2) is 40.6 Å². The minimum Gasteiger partial charge on any atom is -0.479 e. The Morgan fingerprint density at radius 3 is 2.30 bits per heavy atom. The van der Waals surface area contributed by atoms with Crippen LogP contribution < -0.4 is 0 Å². The van der Waals surface area contributed by atoms with Crippen LogP contribution in [0.2, 0.25) is 0 Å². The minimum absolute atomic E-state index is 0.00829. The number of carboxylic acids is 1. The molecular weight excluding hydrogens is 384 g/mol. The average Bonchev–Trinajstić information content (AvgIpc) is 3.25. The molecule has 2 atom stereocenters. The van der Waals surface area contributed by atoms with E-state index in [0.717, 1.165) is 32.1 Å². The van der Waals surface area contributed by atoms with Gasteiger partial charge >= 0.3 is 11.9 Å². The fourth-order valence-corrected chi connectivity index (χ4v) is 4.44. The lowest BCUT2D eigenvalue weighted by atomic mass is 9.70. The first-order valence-corrected chi connectivity index (χ1v) is 11.3. The number of carboxylic acid groups (broad SMARTS) is 1. The molecule has 1 fully saturated rings. The molecule has 0 aromatic rings. The summed E-state index contributed by atoms with van der Waals surface area (Å²) in [7, 11) is 1.30. The third-order valence-corrected chi connectivity index (χ3v) is 6.55. The maximum absolute atomic E-state index is 13.2. The van der Waals surface area contributed by atoms with Gasteiger partial charge in [0.05, 0.1) is 19.4 Å². The molecule has 0 radical (unpaired) electrons. The van der Waals surface area contributed by atoms with Crippen molar-refractivity contribution < 1.29 is 29.3 Å². The second-order valence-electron chi connectivity index (χ2n) is 9.39. The largest absolute Gasteiger partial charge is 0.479 e. The molecule has 2 N–H and O–H groups in total. The summed E-state index contributed by atoms with van der Waals surface area (Å²) in [5, 5.41) is 21.2. The van der Waals surface area contributed by atoms with Crippen LogP contribution >= 0.6 is 0 Å². The van der Waals surface area contributed by atoms with Gasteiger partial charge < -0.3 is 14.9 Å². The highest BCUT2D eigenvalue weighted by atomic mass is 16.5. The predicted molar refractivity (Wildman–Crippen MR) is 116 cm³/mol. The third kappa shape index (κ3) is 7.53. The van der Waals surface area contributed by atoms with Gasteiger partial charge in [0.2, 0.25) is 0 Å². The van der Waals surface area contributed by atoms with Crippen molar-refractivity contribution in [3.05, 3.63) is 12.2 Å².